The summed E-state index contributed by atoms with van der Waals surface area (Å²) in [5.74, 6) is 0. The van der Waals surface area contributed by atoms with Crippen molar-refractivity contribution in [3.63, 3.8) is 0 Å². The van der Waals surface area contributed by atoms with Crippen molar-refractivity contribution in [3.05, 3.63) is 48.3 Å². The summed E-state index contributed by atoms with van der Waals surface area (Å²) in [6, 6.07) is 7.03. The Morgan fingerprint density at radius 2 is 1.62 bits per heavy atom. The molecule has 1 heterocycles. The van der Waals surface area contributed by atoms with Gasteiger partial charge < -0.3 is 0 Å². The van der Waals surface area contributed by atoms with Gasteiger partial charge in [0.2, 0.25) is 0 Å². The van der Waals surface area contributed by atoms with Crippen LogP contribution in [0.4, 0.5) is 5.69 Å². The number of nitrogens with zero attached hydrogens (tertiary/aromatic N) is 1. The molecule has 0 aliphatic heterocycles. The lowest BCUT2D eigenvalue weighted by molar-refractivity contribution is 0.599. The lowest BCUT2D eigenvalue weighted by Gasteiger charge is -2.11. The van der Waals surface area contributed by atoms with Crippen molar-refractivity contribution in [1.82, 2.24) is 4.98 Å². The van der Waals surface area contributed by atoms with Crippen LogP contribution in [0.5, 0.6) is 0 Å². The minimum Gasteiger partial charge on any atom is -0.280 e. The first-order valence-electron chi connectivity index (χ1n) is 5.94. The molecule has 0 unspecified atom stereocenters. The van der Waals surface area contributed by atoms with Crippen LogP contribution in [0.15, 0.2) is 52.5 Å². The van der Waals surface area contributed by atoms with Crippen LogP contribution in [0.1, 0.15) is 5.56 Å². The van der Waals surface area contributed by atoms with Crippen molar-refractivity contribution >= 4 is 25.5 Å². The smallest absolute Gasteiger partial charge is 0.262 e. The van der Waals surface area contributed by atoms with E-state index in [0.29, 0.717) is 11.3 Å². The van der Waals surface area contributed by atoms with E-state index >= 15 is 0 Å². The Morgan fingerprint density at radius 1 is 1.00 bits per heavy atom. The van der Waals surface area contributed by atoms with Crippen molar-refractivity contribution in [2.24, 2.45) is 0 Å². The van der Waals surface area contributed by atoms with Gasteiger partial charge in [-0.05, 0) is 36.8 Å². The fourth-order valence-corrected chi connectivity index (χ4v) is 3.78. The molecule has 0 saturated heterocycles. The zero-order valence-electron chi connectivity index (χ0n) is 11.4. The summed E-state index contributed by atoms with van der Waals surface area (Å²) in [6.07, 6.45) is 3.94. The molecule has 1 N–H and O–H groups in total. The van der Waals surface area contributed by atoms with Crippen LogP contribution in [0.2, 0.25) is 0 Å². The van der Waals surface area contributed by atoms with Gasteiger partial charge in [0.1, 0.15) is 0 Å². The van der Waals surface area contributed by atoms with E-state index in [-0.39, 0.29) is 9.79 Å². The average Bonchev–Trinajstić information content (AvgIpc) is 2.38. The number of anilines is 1. The second-order valence-electron chi connectivity index (χ2n) is 4.54. The van der Waals surface area contributed by atoms with E-state index in [1.165, 1.54) is 36.7 Å². The van der Waals surface area contributed by atoms with E-state index in [9.17, 15) is 16.8 Å². The lowest BCUT2D eigenvalue weighted by atomic mass is 10.2. The maximum absolute atomic E-state index is 12.4. The predicted molar refractivity (Wildman–Crippen MR) is 79.3 cm³/mol. The highest BCUT2D eigenvalue weighted by atomic mass is 32.2. The van der Waals surface area contributed by atoms with Crippen LogP contribution in [-0.4, -0.2) is 28.1 Å². The number of pyridine rings is 1. The molecule has 0 aliphatic carbocycles. The fraction of sp³-hybridized carbons (Fsp3) is 0.154. The summed E-state index contributed by atoms with van der Waals surface area (Å²) >= 11 is 0. The van der Waals surface area contributed by atoms with E-state index in [1.54, 1.807) is 6.92 Å². The first kappa shape index (κ1) is 15.5. The van der Waals surface area contributed by atoms with Gasteiger partial charge >= 0.3 is 0 Å². The van der Waals surface area contributed by atoms with Gasteiger partial charge in [0.15, 0.2) is 9.84 Å². The predicted octanol–water partition coefficient (Wildman–Crippen LogP) is 1.59. The third-order valence-corrected chi connectivity index (χ3v) is 5.44. The molecule has 0 radical (unpaired) electrons. The number of benzene rings is 1. The van der Waals surface area contributed by atoms with Gasteiger partial charge in [-0.25, -0.2) is 16.8 Å². The van der Waals surface area contributed by atoms with E-state index in [1.807, 2.05) is 0 Å². The summed E-state index contributed by atoms with van der Waals surface area (Å²) in [4.78, 5) is 3.69. The summed E-state index contributed by atoms with van der Waals surface area (Å²) in [5, 5.41) is 0. The highest BCUT2D eigenvalue weighted by Gasteiger charge is 2.20. The van der Waals surface area contributed by atoms with Crippen LogP contribution in [0.25, 0.3) is 0 Å². The quantitative estimate of drug-likeness (QED) is 0.921. The first-order valence-corrected chi connectivity index (χ1v) is 9.31. The number of nitrogens with one attached hydrogen (secondary N) is 1. The molecule has 0 amide bonds. The van der Waals surface area contributed by atoms with Gasteiger partial charge in [-0.15, -0.1) is 0 Å². The molecule has 1 aromatic heterocycles. The zero-order valence-corrected chi connectivity index (χ0v) is 13.1. The Hall–Kier alpha value is -1.93. The number of rotatable bonds is 4. The molecule has 1 aromatic carbocycles. The van der Waals surface area contributed by atoms with Crippen molar-refractivity contribution in [3.8, 4) is 0 Å². The fourth-order valence-electron chi connectivity index (χ4n) is 1.73. The average molecular weight is 326 g/mol. The highest BCUT2D eigenvalue weighted by Crippen LogP contribution is 2.22. The molecule has 112 valence electrons. The third-order valence-electron chi connectivity index (χ3n) is 2.81. The maximum Gasteiger partial charge on any atom is 0.262 e. The van der Waals surface area contributed by atoms with E-state index in [4.69, 9.17) is 0 Å². The summed E-state index contributed by atoms with van der Waals surface area (Å²) in [5.41, 5.74) is 0.818. The summed E-state index contributed by atoms with van der Waals surface area (Å²) in [6.45, 7) is 1.60. The SMILES string of the molecule is Cc1ccc(S(C)(=O)=O)cc1S(=O)(=O)Nc1ccncc1. The standard InChI is InChI=1S/C13H14N2O4S2/c1-10-3-4-12(20(2,16)17)9-13(10)21(18,19)15-11-5-7-14-8-6-11/h3-9H,1-2H3,(H,14,15). The van der Waals surface area contributed by atoms with Crippen molar-refractivity contribution in [2.45, 2.75) is 16.7 Å². The molecule has 0 atom stereocenters. The van der Waals surface area contributed by atoms with Crippen LogP contribution < -0.4 is 4.72 Å². The minimum absolute atomic E-state index is 0.0387. The van der Waals surface area contributed by atoms with Crippen LogP contribution in [0.3, 0.4) is 0 Å². The number of aromatic nitrogens is 1. The molecule has 0 spiro atoms. The Kier molecular flexibility index (Phi) is 4.02. The molecule has 21 heavy (non-hydrogen) atoms. The molecule has 0 bridgehead atoms. The monoisotopic (exact) mass is 326 g/mol. The molecule has 2 rings (SSSR count). The van der Waals surface area contributed by atoms with Crippen molar-refractivity contribution in [1.29, 1.82) is 0 Å². The van der Waals surface area contributed by atoms with Crippen LogP contribution in [0, 0.1) is 6.92 Å². The Labute approximate surface area is 123 Å². The zero-order chi connectivity index (χ0) is 15.7. The number of hydrogen-bond donors (Lipinski definition) is 1. The lowest BCUT2D eigenvalue weighted by Crippen LogP contribution is -2.15. The summed E-state index contributed by atoms with van der Waals surface area (Å²) in [7, 11) is -7.35. The molecular weight excluding hydrogens is 312 g/mol. The van der Waals surface area contributed by atoms with Gasteiger partial charge in [0, 0.05) is 18.6 Å². The Morgan fingerprint density at radius 3 is 2.19 bits per heavy atom. The number of aryl methyl sites for hydroxylation is 1. The second-order valence-corrected chi connectivity index (χ2v) is 8.21. The topological polar surface area (TPSA) is 93.2 Å². The summed E-state index contributed by atoms with van der Waals surface area (Å²) < 4.78 is 50.3. The Bertz CT molecular complexity index is 860. The van der Waals surface area contributed by atoms with Crippen LogP contribution in [-0.2, 0) is 19.9 Å². The van der Waals surface area contributed by atoms with Crippen LogP contribution >= 0.6 is 0 Å². The third kappa shape index (κ3) is 3.59. The largest absolute Gasteiger partial charge is 0.280 e. The van der Waals surface area contributed by atoms with E-state index in [0.717, 1.165) is 12.3 Å². The number of sulfone groups is 1. The van der Waals surface area contributed by atoms with Crippen molar-refractivity contribution in [2.75, 3.05) is 11.0 Å². The molecule has 0 fully saturated rings. The van der Waals surface area contributed by atoms with Gasteiger partial charge in [-0.2, -0.15) is 0 Å². The molecule has 8 heteroatoms. The van der Waals surface area contributed by atoms with Crippen molar-refractivity contribution < 1.29 is 16.8 Å². The van der Waals surface area contributed by atoms with Gasteiger partial charge in [0.25, 0.3) is 10.0 Å². The second kappa shape index (κ2) is 5.45. The van der Waals surface area contributed by atoms with Gasteiger partial charge in [-0.1, -0.05) is 6.07 Å². The molecule has 2 aromatic rings. The molecule has 0 saturated carbocycles. The van der Waals surface area contributed by atoms with Gasteiger partial charge in [0.05, 0.1) is 15.5 Å². The van der Waals surface area contributed by atoms with Gasteiger partial charge in [-0.3, -0.25) is 9.71 Å². The number of hydrogen-bond acceptors (Lipinski definition) is 5. The molecule has 6 nitrogen and oxygen atoms in total. The molecule has 0 aliphatic rings. The minimum atomic E-state index is -3.87. The first-order chi connectivity index (χ1) is 9.70. The molecular formula is C13H14N2O4S2. The highest BCUT2D eigenvalue weighted by molar-refractivity contribution is 7.93. The Balaban J connectivity index is 2.50. The maximum atomic E-state index is 12.4. The van der Waals surface area contributed by atoms with E-state index in [2.05, 4.69) is 9.71 Å². The number of sulfonamides is 1. The normalized spacial score (nSPS) is 12.1. The van der Waals surface area contributed by atoms with E-state index < -0.39 is 19.9 Å².